The van der Waals surface area contributed by atoms with Gasteiger partial charge in [0.25, 0.3) is 5.91 Å². The number of carbonyl (C=O) groups excluding carboxylic acids is 1. The molecule has 3 aromatic carbocycles. The van der Waals surface area contributed by atoms with Crippen LogP contribution in [0.15, 0.2) is 64.2 Å². The molecule has 0 heterocycles. The van der Waals surface area contributed by atoms with Crippen LogP contribution in [0, 0.1) is 0 Å². The van der Waals surface area contributed by atoms with Gasteiger partial charge in [-0.3, -0.25) is 4.79 Å². The van der Waals surface area contributed by atoms with Crippen LogP contribution in [0.3, 0.4) is 0 Å². The number of methoxy groups -OCH3 is 1. The highest BCUT2D eigenvalue weighted by atomic mass is 79.9. The minimum atomic E-state index is -4.76. The Morgan fingerprint density at radius 1 is 1.17 bits per heavy atom. The molecule has 0 aliphatic heterocycles. The Morgan fingerprint density at radius 2 is 1.89 bits per heavy atom. The Morgan fingerprint density at radius 3 is 2.51 bits per heavy atom. The topological polar surface area (TPSA) is 89.4 Å². The number of halogens is 5. The number of nitrogens with zero attached hydrogens (tertiary/aromatic N) is 1. The Balaban J connectivity index is 1.65. The maximum absolute atomic E-state index is 12.3. The zero-order valence-corrected chi connectivity index (χ0v) is 20.2. The second kappa shape index (κ2) is 11.3. The summed E-state index contributed by atoms with van der Waals surface area (Å²) in [4.78, 5) is 12.2. The average Bonchev–Trinajstić information content (AvgIpc) is 2.79. The first-order chi connectivity index (χ1) is 16.6. The first-order valence-corrected chi connectivity index (χ1v) is 10.9. The largest absolute Gasteiger partial charge is 0.573 e. The highest BCUT2D eigenvalue weighted by Crippen LogP contribution is 2.37. The molecule has 0 saturated heterocycles. The van der Waals surface area contributed by atoms with Gasteiger partial charge in [0, 0.05) is 5.56 Å². The van der Waals surface area contributed by atoms with E-state index in [2.05, 4.69) is 31.2 Å². The zero-order chi connectivity index (χ0) is 25.6. The molecule has 0 saturated carbocycles. The van der Waals surface area contributed by atoms with Gasteiger partial charge in [0.15, 0.2) is 11.5 Å². The molecule has 7 nitrogen and oxygen atoms in total. The molecule has 0 aromatic heterocycles. The Kier molecular flexibility index (Phi) is 8.47. The molecule has 0 aliphatic carbocycles. The molecular formula is C23H17BrClF3N2O5. The van der Waals surface area contributed by atoms with E-state index in [4.69, 9.17) is 21.1 Å². The predicted molar refractivity (Wildman–Crippen MR) is 126 cm³/mol. The number of ether oxygens (including phenoxy) is 3. The third-order valence-electron chi connectivity index (χ3n) is 4.38. The molecule has 0 atom stereocenters. The highest BCUT2D eigenvalue weighted by molar-refractivity contribution is 9.10. The molecule has 2 N–H and O–H groups in total. The van der Waals surface area contributed by atoms with Gasteiger partial charge in [-0.1, -0.05) is 23.7 Å². The summed E-state index contributed by atoms with van der Waals surface area (Å²) in [7, 11) is 1.44. The summed E-state index contributed by atoms with van der Waals surface area (Å²) in [6, 6.07) is 12.6. The van der Waals surface area contributed by atoms with Crippen molar-refractivity contribution in [2.24, 2.45) is 5.10 Å². The normalized spacial score (nSPS) is 11.4. The van der Waals surface area contributed by atoms with Crippen molar-refractivity contribution in [3.63, 3.8) is 0 Å². The van der Waals surface area contributed by atoms with Gasteiger partial charge in [-0.05, 0) is 69.5 Å². The van der Waals surface area contributed by atoms with Gasteiger partial charge in [0.05, 0.1) is 22.8 Å². The number of alkyl halides is 3. The first-order valence-electron chi connectivity index (χ1n) is 9.72. The lowest BCUT2D eigenvalue weighted by Crippen LogP contribution is -2.17. The van der Waals surface area contributed by atoms with Crippen molar-refractivity contribution >= 4 is 39.7 Å². The Hall–Kier alpha value is -3.44. The molecule has 3 aromatic rings. The van der Waals surface area contributed by atoms with Crippen molar-refractivity contribution in [2.75, 3.05) is 7.11 Å². The van der Waals surface area contributed by atoms with E-state index in [-0.39, 0.29) is 28.7 Å². The summed E-state index contributed by atoms with van der Waals surface area (Å²) >= 11 is 9.19. The molecule has 0 bridgehead atoms. The molecule has 0 radical (unpaired) electrons. The van der Waals surface area contributed by atoms with Crippen molar-refractivity contribution in [3.05, 3.63) is 80.8 Å². The van der Waals surface area contributed by atoms with Crippen LogP contribution < -0.4 is 19.6 Å². The summed E-state index contributed by atoms with van der Waals surface area (Å²) in [6.07, 6.45) is -3.38. The van der Waals surface area contributed by atoms with Gasteiger partial charge < -0.3 is 19.3 Å². The van der Waals surface area contributed by atoms with Crippen LogP contribution in [0.25, 0.3) is 0 Å². The maximum atomic E-state index is 12.3. The molecule has 1 amide bonds. The van der Waals surface area contributed by atoms with E-state index in [1.807, 2.05) is 0 Å². The third-order valence-corrected chi connectivity index (χ3v) is 5.27. The number of nitrogens with one attached hydrogen (secondary N) is 1. The van der Waals surface area contributed by atoms with Crippen LogP contribution in [0.5, 0.6) is 23.0 Å². The van der Waals surface area contributed by atoms with E-state index in [0.29, 0.717) is 27.1 Å². The SMILES string of the molecule is COc1cc(/C=N/NC(=O)c2ccc(O)c(Cl)c2)cc(Br)c1OCc1ccc(OC(F)(F)F)cc1. The number of phenolic OH excluding ortho intramolecular Hbond substituents is 1. The van der Waals surface area contributed by atoms with Crippen molar-refractivity contribution in [1.82, 2.24) is 5.43 Å². The predicted octanol–water partition coefficient (Wildman–Crippen LogP) is 6.06. The standard InChI is InChI=1S/C23H17BrClF3N2O5/c1-33-20-9-14(11-29-30-22(32)15-4-7-19(31)18(25)10-15)8-17(24)21(20)34-12-13-2-5-16(6-3-13)35-23(26,27)28/h2-11,31H,12H2,1H3,(H,30,32)/b29-11+. The fraction of sp³-hybridized carbons (Fsp3) is 0.130. The van der Waals surface area contributed by atoms with E-state index in [1.54, 1.807) is 12.1 Å². The van der Waals surface area contributed by atoms with Crippen molar-refractivity contribution in [3.8, 4) is 23.0 Å². The molecule has 0 unspecified atom stereocenters. The van der Waals surface area contributed by atoms with Gasteiger partial charge in [0.1, 0.15) is 18.1 Å². The monoisotopic (exact) mass is 572 g/mol. The summed E-state index contributed by atoms with van der Waals surface area (Å²) in [6.45, 7) is 0.0555. The number of aromatic hydroxyl groups is 1. The molecule has 3 rings (SSSR count). The summed E-state index contributed by atoms with van der Waals surface area (Å²) in [5.41, 5.74) is 3.74. The van der Waals surface area contributed by atoms with Crippen LogP contribution in [-0.2, 0) is 6.61 Å². The highest BCUT2D eigenvalue weighted by Gasteiger charge is 2.30. The maximum Gasteiger partial charge on any atom is 0.573 e. The number of hydrazone groups is 1. The third kappa shape index (κ3) is 7.52. The lowest BCUT2D eigenvalue weighted by Gasteiger charge is -2.14. The van der Waals surface area contributed by atoms with Crippen LogP contribution in [0.2, 0.25) is 5.02 Å². The summed E-state index contributed by atoms with van der Waals surface area (Å²) in [5.74, 6) is -0.277. The van der Waals surface area contributed by atoms with Crippen LogP contribution in [-0.4, -0.2) is 30.7 Å². The zero-order valence-electron chi connectivity index (χ0n) is 17.9. The Labute approximate surface area is 211 Å². The van der Waals surface area contributed by atoms with E-state index < -0.39 is 12.3 Å². The smallest absolute Gasteiger partial charge is 0.506 e. The van der Waals surface area contributed by atoms with Gasteiger partial charge in [-0.25, -0.2) is 5.43 Å². The fourth-order valence-electron chi connectivity index (χ4n) is 2.78. The quantitative estimate of drug-likeness (QED) is 0.253. The van der Waals surface area contributed by atoms with E-state index in [0.717, 1.165) is 0 Å². The second-order valence-corrected chi connectivity index (χ2v) is 8.14. The number of carbonyl (C=O) groups is 1. The molecular weight excluding hydrogens is 557 g/mol. The number of rotatable bonds is 8. The van der Waals surface area contributed by atoms with Crippen LogP contribution in [0.4, 0.5) is 13.2 Å². The van der Waals surface area contributed by atoms with E-state index >= 15 is 0 Å². The molecule has 0 fully saturated rings. The van der Waals surface area contributed by atoms with Crippen LogP contribution >= 0.6 is 27.5 Å². The number of phenols is 1. The first kappa shape index (κ1) is 26.2. The molecule has 12 heteroatoms. The lowest BCUT2D eigenvalue weighted by molar-refractivity contribution is -0.274. The van der Waals surface area contributed by atoms with Crippen molar-refractivity contribution in [2.45, 2.75) is 13.0 Å². The Bertz CT molecular complexity index is 1240. The molecule has 35 heavy (non-hydrogen) atoms. The minimum Gasteiger partial charge on any atom is -0.506 e. The number of benzene rings is 3. The second-order valence-electron chi connectivity index (χ2n) is 6.88. The average molecular weight is 574 g/mol. The molecule has 0 aliphatic rings. The van der Waals surface area contributed by atoms with Gasteiger partial charge >= 0.3 is 6.36 Å². The molecule has 0 spiro atoms. The summed E-state index contributed by atoms with van der Waals surface area (Å²) in [5, 5.41) is 13.4. The van der Waals surface area contributed by atoms with Crippen LogP contribution in [0.1, 0.15) is 21.5 Å². The number of hydrogen-bond donors (Lipinski definition) is 2. The van der Waals surface area contributed by atoms with Gasteiger partial charge in [-0.2, -0.15) is 5.10 Å². The molecule has 184 valence electrons. The van der Waals surface area contributed by atoms with E-state index in [9.17, 15) is 23.1 Å². The van der Waals surface area contributed by atoms with Crippen molar-refractivity contribution < 1.29 is 37.3 Å². The van der Waals surface area contributed by atoms with Crippen molar-refractivity contribution in [1.29, 1.82) is 0 Å². The van der Waals surface area contributed by atoms with E-state index in [1.165, 1.54) is 55.8 Å². The fourth-order valence-corrected chi connectivity index (χ4v) is 3.53. The number of hydrogen-bond acceptors (Lipinski definition) is 6. The lowest BCUT2D eigenvalue weighted by atomic mass is 10.2. The summed E-state index contributed by atoms with van der Waals surface area (Å²) < 4.78 is 52.4. The minimum absolute atomic E-state index is 0.0384. The number of amides is 1. The van der Waals surface area contributed by atoms with Gasteiger partial charge in [-0.15, -0.1) is 13.2 Å². The van der Waals surface area contributed by atoms with Gasteiger partial charge in [0.2, 0.25) is 0 Å².